The van der Waals surface area contributed by atoms with Gasteiger partial charge in [0.15, 0.2) is 11.6 Å². The van der Waals surface area contributed by atoms with Crippen molar-refractivity contribution in [1.82, 2.24) is 9.97 Å². The molecule has 3 nitrogen and oxygen atoms in total. The van der Waals surface area contributed by atoms with Crippen molar-refractivity contribution < 1.29 is 13.5 Å². The van der Waals surface area contributed by atoms with Crippen molar-refractivity contribution in [3.63, 3.8) is 0 Å². The van der Waals surface area contributed by atoms with Crippen molar-refractivity contribution in [2.45, 2.75) is 96.8 Å². The van der Waals surface area contributed by atoms with Crippen molar-refractivity contribution >= 4 is 0 Å². The monoisotopic (exact) mass is 432 g/mol. The van der Waals surface area contributed by atoms with Crippen molar-refractivity contribution in [2.75, 3.05) is 6.61 Å². The number of unbranched alkanes of at least 4 members (excludes halogenated alkanes) is 6. The summed E-state index contributed by atoms with van der Waals surface area (Å²) in [6.07, 6.45) is 11.9. The minimum atomic E-state index is -1.33. The van der Waals surface area contributed by atoms with Crippen LogP contribution in [0.1, 0.15) is 83.6 Å². The third-order valence-corrected chi connectivity index (χ3v) is 5.45. The number of aryl methyl sites for hydroxylation is 1. The van der Waals surface area contributed by atoms with E-state index in [0.717, 1.165) is 12.0 Å². The number of aromatic nitrogens is 2. The molecule has 0 amide bonds. The quantitative estimate of drug-likeness (QED) is 0.255. The lowest BCUT2D eigenvalue weighted by Gasteiger charge is -2.12. The maximum Gasteiger partial charge on any atom is 0.159 e. The van der Waals surface area contributed by atoms with Gasteiger partial charge in [0, 0.05) is 12.0 Å². The van der Waals surface area contributed by atoms with E-state index in [-0.39, 0.29) is 13.0 Å². The number of nitrogens with zero attached hydrogens (tertiary/aromatic N) is 2. The zero-order chi connectivity index (χ0) is 22.3. The van der Waals surface area contributed by atoms with Gasteiger partial charge in [0.05, 0.1) is 12.4 Å². The third kappa shape index (κ3) is 10.2. The van der Waals surface area contributed by atoms with Crippen LogP contribution >= 0.6 is 0 Å². The molecule has 2 atom stereocenters. The number of rotatable bonds is 16. The summed E-state index contributed by atoms with van der Waals surface area (Å²) >= 11 is 0. The Labute approximate surface area is 186 Å². The van der Waals surface area contributed by atoms with E-state index >= 15 is 0 Å². The molecule has 0 bridgehead atoms. The number of ether oxygens (including phenoxy) is 1. The van der Waals surface area contributed by atoms with Gasteiger partial charge >= 0.3 is 0 Å². The maximum atomic E-state index is 13.8. The lowest BCUT2D eigenvalue weighted by atomic mass is 10.0. The van der Waals surface area contributed by atoms with E-state index in [1.807, 2.05) is 19.1 Å². The predicted molar refractivity (Wildman–Crippen MR) is 124 cm³/mol. The first-order valence-corrected chi connectivity index (χ1v) is 11.9. The van der Waals surface area contributed by atoms with E-state index in [1.165, 1.54) is 50.5 Å². The number of halogens is 2. The second-order valence-corrected chi connectivity index (χ2v) is 8.34. The molecule has 0 saturated heterocycles. The predicted octanol–water partition coefficient (Wildman–Crippen LogP) is 7.68. The number of hydrogen-bond donors (Lipinski definition) is 0. The van der Waals surface area contributed by atoms with E-state index < -0.39 is 12.3 Å². The van der Waals surface area contributed by atoms with Gasteiger partial charge in [-0.05, 0) is 24.8 Å². The van der Waals surface area contributed by atoms with Crippen LogP contribution in [-0.4, -0.2) is 28.9 Å². The summed E-state index contributed by atoms with van der Waals surface area (Å²) in [5.41, 5.74) is 2.28. The molecule has 0 aliphatic rings. The maximum absolute atomic E-state index is 13.8. The Kier molecular flexibility index (Phi) is 12.1. The summed E-state index contributed by atoms with van der Waals surface area (Å²) in [6, 6.07) is 8.35. The fourth-order valence-electron chi connectivity index (χ4n) is 3.61. The van der Waals surface area contributed by atoms with Gasteiger partial charge in [-0.1, -0.05) is 83.1 Å². The Balaban J connectivity index is 1.73. The second kappa shape index (κ2) is 14.9. The summed E-state index contributed by atoms with van der Waals surface area (Å²) in [7, 11) is 0. The van der Waals surface area contributed by atoms with Crippen molar-refractivity contribution in [1.29, 1.82) is 0 Å². The highest BCUT2D eigenvalue weighted by Crippen LogP contribution is 2.19. The summed E-state index contributed by atoms with van der Waals surface area (Å²) < 4.78 is 32.7. The first kappa shape index (κ1) is 25.2. The fourth-order valence-corrected chi connectivity index (χ4v) is 3.61. The first-order chi connectivity index (χ1) is 15.1. The van der Waals surface area contributed by atoms with E-state index in [9.17, 15) is 8.78 Å². The zero-order valence-corrected chi connectivity index (χ0v) is 19.2. The molecule has 0 saturated carbocycles. The largest absolute Gasteiger partial charge is 0.487 e. The van der Waals surface area contributed by atoms with E-state index in [1.54, 1.807) is 12.4 Å². The molecule has 0 spiro atoms. The number of hydrogen-bond acceptors (Lipinski definition) is 3. The van der Waals surface area contributed by atoms with Crippen LogP contribution in [0.4, 0.5) is 8.78 Å². The van der Waals surface area contributed by atoms with Crippen LogP contribution in [0.15, 0.2) is 36.7 Å². The van der Waals surface area contributed by atoms with Gasteiger partial charge in [-0.15, -0.1) is 0 Å². The van der Waals surface area contributed by atoms with Crippen LogP contribution in [0.3, 0.4) is 0 Å². The molecular weight excluding hydrogens is 394 g/mol. The molecule has 0 fully saturated rings. The van der Waals surface area contributed by atoms with Crippen LogP contribution in [0, 0.1) is 0 Å². The van der Waals surface area contributed by atoms with Gasteiger partial charge in [0.1, 0.15) is 19.0 Å². The Morgan fingerprint density at radius 3 is 2.10 bits per heavy atom. The average Bonchev–Trinajstić information content (AvgIpc) is 2.78. The standard InChI is InChI=1S/C26H38F2N2O/c1-3-5-6-7-8-9-10-12-21-13-15-22(16-14-21)26-29-18-25(19-30-26)31-20-24(28)17-23(27)11-4-2/h13-16,18-19,23-24H,3-12,17,20H2,1-2H3. The molecule has 31 heavy (non-hydrogen) atoms. The third-order valence-electron chi connectivity index (χ3n) is 5.45. The van der Waals surface area contributed by atoms with Gasteiger partial charge in [-0.2, -0.15) is 0 Å². The minimum absolute atomic E-state index is 0.127. The van der Waals surface area contributed by atoms with Gasteiger partial charge in [0.25, 0.3) is 0 Å². The minimum Gasteiger partial charge on any atom is -0.487 e. The van der Waals surface area contributed by atoms with E-state index in [0.29, 0.717) is 24.4 Å². The molecule has 0 N–H and O–H groups in total. The highest BCUT2D eigenvalue weighted by molar-refractivity contribution is 5.55. The van der Waals surface area contributed by atoms with E-state index in [2.05, 4.69) is 29.0 Å². The van der Waals surface area contributed by atoms with E-state index in [4.69, 9.17) is 4.74 Å². The molecule has 1 aromatic heterocycles. The summed E-state index contributed by atoms with van der Waals surface area (Å²) in [6.45, 7) is 3.95. The summed E-state index contributed by atoms with van der Waals surface area (Å²) in [5.74, 6) is 1.01. The van der Waals surface area contributed by atoms with Crippen LogP contribution in [0.25, 0.3) is 11.4 Å². The number of alkyl halides is 2. The molecule has 0 radical (unpaired) electrons. The van der Waals surface area contributed by atoms with Crippen LogP contribution in [0.2, 0.25) is 0 Å². The van der Waals surface area contributed by atoms with Crippen LogP contribution < -0.4 is 4.74 Å². The molecule has 2 rings (SSSR count). The molecule has 2 aromatic rings. The molecular formula is C26H38F2N2O. The Morgan fingerprint density at radius 2 is 1.45 bits per heavy atom. The van der Waals surface area contributed by atoms with Crippen molar-refractivity contribution in [3.05, 3.63) is 42.2 Å². The zero-order valence-electron chi connectivity index (χ0n) is 19.2. The van der Waals surface area contributed by atoms with Crippen molar-refractivity contribution in [2.24, 2.45) is 0 Å². The molecule has 1 aromatic carbocycles. The Morgan fingerprint density at radius 1 is 0.806 bits per heavy atom. The molecule has 0 aliphatic carbocycles. The SMILES string of the molecule is CCCCCCCCCc1ccc(-c2ncc(OCC(F)CC(F)CCC)cn2)cc1. The molecule has 2 unspecified atom stereocenters. The summed E-state index contributed by atoms with van der Waals surface area (Å²) in [5, 5.41) is 0. The first-order valence-electron chi connectivity index (χ1n) is 11.9. The normalized spacial score (nSPS) is 13.2. The van der Waals surface area contributed by atoms with Gasteiger partial charge in [-0.25, -0.2) is 18.7 Å². The van der Waals surface area contributed by atoms with Crippen LogP contribution in [-0.2, 0) is 6.42 Å². The molecule has 1 heterocycles. The highest BCUT2D eigenvalue weighted by Gasteiger charge is 2.15. The number of benzene rings is 1. The van der Waals surface area contributed by atoms with Crippen molar-refractivity contribution in [3.8, 4) is 17.1 Å². The Hall–Kier alpha value is -2.04. The molecule has 5 heteroatoms. The topological polar surface area (TPSA) is 35.0 Å². The molecule has 172 valence electrons. The molecule has 0 aliphatic heterocycles. The van der Waals surface area contributed by atoms with Gasteiger partial charge in [-0.3, -0.25) is 0 Å². The summed E-state index contributed by atoms with van der Waals surface area (Å²) in [4.78, 5) is 8.65. The average molecular weight is 433 g/mol. The van der Waals surface area contributed by atoms with Gasteiger partial charge < -0.3 is 4.74 Å². The second-order valence-electron chi connectivity index (χ2n) is 8.34. The lowest BCUT2D eigenvalue weighted by Crippen LogP contribution is -2.18. The highest BCUT2D eigenvalue weighted by atomic mass is 19.1. The van der Waals surface area contributed by atoms with Crippen LogP contribution in [0.5, 0.6) is 5.75 Å². The van der Waals surface area contributed by atoms with Gasteiger partial charge in [0.2, 0.25) is 0 Å². The fraction of sp³-hybridized carbons (Fsp3) is 0.615. The smallest absolute Gasteiger partial charge is 0.159 e. The Bertz CT molecular complexity index is 706. The lowest BCUT2D eigenvalue weighted by molar-refractivity contribution is 0.146.